The lowest BCUT2D eigenvalue weighted by Gasteiger charge is -2.43. The Morgan fingerprint density at radius 3 is 2.34 bits per heavy atom. The Morgan fingerprint density at radius 1 is 0.893 bits per heavy atom. The highest BCUT2D eigenvalue weighted by atomic mass is 16.5. The first-order valence-corrected chi connectivity index (χ1v) is 19.9. The van der Waals surface area contributed by atoms with E-state index in [-0.39, 0.29) is 36.2 Å². The fraction of sp³-hybridized carbons (Fsp3) is 0.524. The Balaban J connectivity index is 0.759. The monoisotopic (exact) mass is 763 g/mol. The summed E-state index contributed by atoms with van der Waals surface area (Å²) < 4.78 is 17.9. The van der Waals surface area contributed by atoms with E-state index in [0.29, 0.717) is 35.1 Å². The molecule has 2 saturated carbocycles. The van der Waals surface area contributed by atoms with E-state index in [4.69, 9.17) is 19.2 Å². The minimum Gasteiger partial charge on any atom is -0.495 e. The number of likely N-dealkylation sites (tertiary alicyclic amines) is 1. The van der Waals surface area contributed by atoms with Gasteiger partial charge in [0.2, 0.25) is 11.8 Å². The zero-order valence-electron chi connectivity index (χ0n) is 32.0. The molecule has 0 aromatic heterocycles. The van der Waals surface area contributed by atoms with Crippen LogP contribution in [0.15, 0.2) is 53.4 Å². The highest BCUT2D eigenvalue weighted by Crippen LogP contribution is 2.35. The second kappa shape index (κ2) is 16.0. The molecule has 294 valence electrons. The number of aliphatic imine (C=N–C) groups is 1. The van der Waals surface area contributed by atoms with E-state index in [1.165, 1.54) is 0 Å². The summed E-state index contributed by atoms with van der Waals surface area (Å²) in [5.74, 6) is 1.43. The van der Waals surface area contributed by atoms with Crippen molar-refractivity contribution in [1.82, 2.24) is 24.9 Å². The number of nitrogens with zero attached hydrogens (tertiary/aromatic N) is 6. The number of amides is 4. The van der Waals surface area contributed by atoms with Gasteiger partial charge in [0.25, 0.3) is 11.8 Å². The summed E-state index contributed by atoms with van der Waals surface area (Å²) in [6.45, 7) is 3.83. The van der Waals surface area contributed by atoms with Gasteiger partial charge in [-0.2, -0.15) is 5.26 Å². The Labute approximate surface area is 327 Å². The van der Waals surface area contributed by atoms with Crippen LogP contribution in [-0.2, 0) is 9.59 Å². The molecule has 2 aliphatic carbocycles. The predicted molar refractivity (Wildman–Crippen MR) is 205 cm³/mol. The molecule has 1 N–H and O–H groups in total. The quantitative estimate of drug-likeness (QED) is 0.329. The minimum absolute atomic E-state index is 0.0223. The highest BCUT2D eigenvalue weighted by Gasteiger charge is 2.45. The van der Waals surface area contributed by atoms with Gasteiger partial charge < -0.3 is 28.9 Å². The maximum atomic E-state index is 13.2. The van der Waals surface area contributed by atoms with E-state index < -0.39 is 29.7 Å². The SMILES string of the molecule is COc1cc(OC2CCC(N3C=C(N4CCC(CN(C)C5CC(Oc6ccc7c(c6)C(=O)N([C@@H]6CCC(=O)NC6=O)C7=O)C5)CC4)N=CC3)CC2)ccc1C#N. The largest absolute Gasteiger partial charge is 0.495 e. The highest BCUT2D eigenvalue weighted by molar-refractivity contribution is 6.23. The van der Waals surface area contributed by atoms with E-state index in [9.17, 15) is 24.4 Å². The molecule has 14 heteroatoms. The van der Waals surface area contributed by atoms with Crippen LogP contribution in [0.2, 0.25) is 0 Å². The van der Waals surface area contributed by atoms with Crippen molar-refractivity contribution >= 4 is 29.8 Å². The zero-order chi connectivity index (χ0) is 38.9. The topological polar surface area (TPSA) is 157 Å². The number of methoxy groups -OCH3 is 1. The first-order chi connectivity index (χ1) is 27.2. The Hall–Kier alpha value is -5.42. The molecule has 2 aromatic carbocycles. The first-order valence-electron chi connectivity index (χ1n) is 19.9. The van der Waals surface area contributed by atoms with Gasteiger partial charge in [-0.15, -0.1) is 0 Å². The molecule has 56 heavy (non-hydrogen) atoms. The lowest BCUT2D eigenvalue weighted by molar-refractivity contribution is -0.136. The van der Waals surface area contributed by atoms with Crippen molar-refractivity contribution in [2.75, 3.05) is 40.3 Å². The molecule has 0 unspecified atom stereocenters. The van der Waals surface area contributed by atoms with E-state index in [2.05, 4.69) is 39.3 Å². The van der Waals surface area contributed by atoms with Gasteiger partial charge in [0.05, 0.1) is 36.4 Å². The van der Waals surface area contributed by atoms with Gasteiger partial charge in [-0.1, -0.05) is 0 Å². The molecule has 4 aliphatic heterocycles. The number of benzene rings is 2. The molecule has 2 saturated heterocycles. The second-order valence-corrected chi connectivity index (χ2v) is 15.9. The number of imide groups is 2. The summed E-state index contributed by atoms with van der Waals surface area (Å²) in [6, 6.07) is 12.4. The van der Waals surface area contributed by atoms with E-state index in [1.54, 1.807) is 37.4 Å². The summed E-state index contributed by atoms with van der Waals surface area (Å²) in [7, 11) is 3.77. The number of nitriles is 1. The molecular formula is C42H49N7O7. The maximum Gasteiger partial charge on any atom is 0.262 e. The number of nitrogens with one attached hydrogen (secondary N) is 1. The van der Waals surface area contributed by atoms with Crippen LogP contribution in [0.3, 0.4) is 0 Å². The van der Waals surface area contributed by atoms with Gasteiger partial charge in [0, 0.05) is 69.5 Å². The van der Waals surface area contributed by atoms with Crippen LogP contribution in [0.25, 0.3) is 0 Å². The summed E-state index contributed by atoms with van der Waals surface area (Å²) in [4.78, 5) is 63.3. The Bertz CT molecular complexity index is 1970. The number of hydrogen-bond acceptors (Lipinski definition) is 12. The number of carbonyl (C=O) groups is 4. The molecular weight excluding hydrogens is 715 g/mol. The molecule has 4 heterocycles. The van der Waals surface area contributed by atoms with Crippen molar-refractivity contribution in [2.24, 2.45) is 10.9 Å². The van der Waals surface area contributed by atoms with Crippen LogP contribution in [0.4, 0.5) is 0 Å². The molecule has 0 spiro atoms. The standard InChI is InChI=1S/C42H49N7O7/c1-46(29-19-33(20-29)56-31-9-10-34-35(21-31)42(53)49(41(34)52)36-11-12-39(50)45-40(36)51)24-26-13-16-47(17-14-26)38-25-48(18-15-44-38)28-4-7-30(8-5-28)55-32-6-3-27(23-43)37(22-32)54-2/h3,6,9-10,15,21-22,25-26,28-30,33,36H,4-5,7-8,11-14,16-20,24H2,1-2H3,(H,45,50,51)/t28?,29?,30?,33?,36-/m1/s1. The summed E-state index contributed by atoms with van der Waals surface area (Å²) in [5.41, 5.74) is 0.987. The molecule has 2 aromatic rings. The minimum atomic E-state index is -0.986. The molecule has 0 bridgehead atoms. The molecule has 1 atom stereocenters. The first kappa shape index (κ1) is 37.5. The average Bonchev–Trinajstić information content (AvgIpc) is 3.44. The van der Waals surface area contributed by atoms with Crippen molar-refractivity contribution in [3.63, 3.8) is 0 Å². The smallest absolute Gasteiger partial charge is 0.262 e. The van der Waals surface area contributed by atoms with Crippen molar-refractivity contribution in [3.05, 3.63) is 65.1 Å². The van der Waals surface area contributed by atoms with Gasteiger partial charge in [0.15, 0.2) is 0 Å². The molecule has 6 aliphatic rings. The lowest BCUT2D eigenvalue weighted by atomic mass is 9.86. The van der Waals surface area contributed by atoms with E-state index >= 15 is 0 Å². The van der Waals surface area contributed by atoms with Gasteiger partial charge in [-0.3, -0.25) is 29.4 Å². The van der Waals surface area contributed by atoms with Crippen molar-refractivity contribution in [3.8, 4) is 23.3 Å². The van der Waals surface area contributed by atoms with E-state index in [0.717, 1.165) is 94.0 Å². The van der Waals surface area contributed by atoms with Crippen molar-refractivity contribution < 1.29 is 33.4 Å². The fourth-order valence-electron chi connectivity index (χ4n) is 9.02. The van der Waals surface area contributed by atoms with Crippen molar-refractivity contribution in [2.45, 2.75) is 94.5 Å². The third-order valence-corrected chi connectivity index (χ3v) is 12.4. The average molecular weight is 764 g/mol. The Kier molecular flexibility index (Phi) is 10.7. The van der Waals surface area contributed by atoms with Crippen LogP contribution in [-0.4, -0.2) is 120 Å². The van der Waals surface area contributed by atoms with Crippen LogP contribution in [0.1, 0.15) is 90.5 Å². The van der Waals surface area contributed by atoms with Crippen LogP contribution in [0, 0.1) is 17.2 Å². The van der Waals surface area contributed by atoms with Crippen LogP contribution in [0.5, 0.6) is 17.2 Å². The van der Waals surface area contributed by atoms with Crippen LogP contribution < -0.4 is 19.5 Å². The lowest BCUT2D eigenvalue weighted by Crippen LogP contribution is -2.54. The molecule has 4 amide bonds. The third kappa shape index (κ3) is 7.69. The second-order valence-electron chi connectivity index (χ2n) is 15.9. The number of carbonyl (C=O) groups excluding carboxylic acids is 4. The summed E-state index contributed by atoms with van der Waals surface area (Å²) in [6.07, 6.45) is 12.7. The van der Waals surface area contributed by atoms with Gasteiger partial charge in [-0.05, 0) is 88.2 Å². The number of piperidine rings is 2. The number of ether oxygens (including phenoxy) is 3. The van der Waals surface area contributed by atoms with Gasteiger partial charge >= 0.3 is 0 Å². The number of rotatable bonds is 11. The van der Waals surface area contributed by atoms with Crippen molar-refractivity contribution in [1.29, 1.82) is 5.26 Å². The summed E-state index contributed by atoms with van der Waals surface area (Å²) >= 11 is 0. The van der Waals surface area contributed by atoms with Crippen LogP contribution >= 0.6 is 0 Å². The number of fused-ring (bicyclic) bond motifs is 1. The fourth-order valence-corrected chi connectivity index (χ4v) is 9.02. The molecule has 14 nitrogen and oxygen atoms in total. The molecule has 4 fully saturated rings. The maximum absolute atomic E-state index is 13.2. The molecule has 0 radical (unpaired) electrons. The van der Waals surface area contributed by atoms with Gasteiger partial charge in [-0.25, -0.2) is 4.99 Å². The third-order valence-electron chi connectivity index (χ3n) is 12.4. The Morgan fingerprint density at radius 2 is 1.61 bits per heavy atom. The summed E-state index contributed by atoms with van der Waals surface area (Å²) in [5, 5.41) is 11.5. The molecule has 8 rings (SSSR count). The predicted octanol–water partition coefficient (Wildman–Crippen LogP) is 4.10. The van der Waals surface area contributed by atoms with Gasteiger partial charge in [0.1, 0.15) is 41.3 Å². The van der Waals surface area contributed by atoms with E-state index in [1.807, 2.05) is 12.3 Å². The normalized spacial score (nSPS) is 26.7. The zero-order valence-corrected chi connectivity index (χ0v) is 32.0. The number of hydrogen-bond donors (Lipinski definition) is 1.